The van der Waals surface area contributed by atoms with Crippen LogP contribution in [0.4, 0.5) is 0 Å². The first-order valence-corrected chi connectivity index (χ1v) is 8.22. The van der Waals surface area contributed by atoms with Gasteiger partial charge in [-0.2, -0.15) is 0 Å². The number of alkyl halides is 1. The molecule has 3 nitrogen and oxygen atoms in total. The monoisotopic (exact) mass is 315 g/mol. The summed E-state index contributed by atoms with van der Waals surface area (Å²) in [6.45, 7) is 0.888. The second kappa shape index (κ2) is 5.49. The van der Waals surface area contributed by atoms with Gasteiger partial charge in [0.1, 0.15) is 0 Å². The quantitative estimate of drug-likeness (QED) is 0.749. The van der Waals surface area contributed by atoms with Crippen LogP contribution < -0.4 is 0 Å². The molecule has 3 rings (SSSR count). The van der Waals surface area contributed by atoms with Crippen molar-refractivity contribution in [2.45, 2.75) is 74.4 Å². The van der Waals surface area contributed by atoms with E-state index in [0.717, 1.165) is 32.3 Å². The van der Waals surface area contributed by atoms with Gasteiger partial charge in [-0.15, -0.1) is 0 Å². The summed E-state index contributed by atoms with van der Waals surface area (Å²) in [5.74, 6) is 0.373. The third-order valence-corrected chi connectivity index (χ3v) is 5.42. The van der Waals surface area contributed by atoms with Crippen LogP contribution in [0, 0.1) is 0 Å². The van der Waals surface area contributed by atoms with E-state index in [4.69, 9.17) is 4.74 Å². The van der Waals surface area contributed by atoms with Crippen molar-refractivity contribution in [2.75, 3.05) is 6.61 Å². The Hall–Kier alpha value is -0.0900. The third-order valence-electron chi connectivity index (χ3n) is 4.67. The van der Waals surface area contributed by atoms with Crippen molar-refractivity contribution in [1.29, 1.82) is 0 Å². The van der Waals surface area contributed by atoms with Gasteiger partial charge < -0.3 is 9.64 Å². The fraction of sp³-hybridized carbons (Fsp3) is 0.929. The van der Waals surface area contributed by atoms with Crippen LogP contribution in [0.15, 0.2) is 0 Å². The number of carbonyl (C=O) groups excluding carboxylic acids is 1. The molecule has 0 aromatic rings. The molecule has 1 amide bonds. The van der Waals surface area contributed by atoms with Crippen molar-refractivity contribution < 1.29 is 9.53 Å². The summed E-state index contributed by atoms with van der Waals surface area (Å²) in [6, 6.07) is 1.01. The maximum Gasteiger partial charge on any atom is 0.223 e. The van der Waals surface area contributed by atoms with E-state index in [-0.39, 0.29) is 0 Å². The predicted octanol–water partition coefficient (Wildman–Crippen LogP) is 2.86. The molecule has 3 fully saturated rings. The standard InChI is InChI=1S/C14H22BrNO2/c15-10-8-11-3-4-12(9-10)16(11)14(17)6-5-13-2-1-7-18-13/h10-13H,1-9H2. The average molecular weight is 316 g/mol. The van der Waals surface area contributed by atoms with Crippen molar-refractivity contribution in [1.82, 2.24) is 4.90 Å². The molecule has 0 aliphatic carbocycles. The molecule has 2 bridgehead atoms. The third kappa shape index (κ3) is 2.60. The number of hydrogen-bond donors (Lipinski definition) is 0. The summed E-state index contributed by atoms with van der Waals surface area (Å²) in [5, 5.41) is 0. The molecule has 3 unspecified atom stereocenters. The number of carbonyl (C=O) groups is 1. The molecule has 0 aromatic heterocycles. The van der Waals surface area contributed by atoms with Gasteiger partial charge in [0.05, 0.1) is 6.10 Å². The number of amides is 1. The highest BCUT2D eigenvalue weighted by molar-refractivity contribution is 9.09. The first-order chi connectivity index (χ1) is 8.74. The van der Waals surface area contributed by atoms with Crippen molar-refractivity contribution in [3.8, 4) is 0 Å². The Kier molecular flexibility index (Phi) is 3.94. The highest BCUT2D eigenvalue weighted by Crippen LogP contribution is 2.39. The Balaban J connectivity index is 1.53. The van der Waals surface area contributed by atoms with Crippen LogP contribution in [0.3, 0.4) is 0 Å². The van der Waals surface area contributed by atoms with Crippen molar-refractivity contribution >= 4 is 21.8 Å². The zero-order chi connectivity index (χ0) is 12.5. The number of hydrogen-bond acceptors (Lipinski definition) is 2. The predicted molar refractivity (Wildman–Crippen MR) is 73.8 cm³/mol. The number of ether oxygens (including phenoxy) is 1. The van der Waals surface area contributed by atoms with E-state index in [9.17, 15) is 4.79 Å². The maximum atomic E-state index is 12.4. The summed E-state index contributed by atoms with van der Waals surface area (Å²) < 4.78 is 5.60. The molecule has 0 saturated carbocycles. The van der Waals surface area contributed by atoms with E-state index >= 15 is 0 Å². The summed E-state index contributed by atoms with van der Waals surface area (Å²) in [5.41, 5.74) is 0. The number of rotatable bonds is 3. The lowest BCUT2D eigenvalue weighted by Crippen LogP contribution is -2.46. The van der Waals surface area contributed by atoms with Gasteiger partial charge in [-0.1, -0.05) is 15.9 Å². The minimum Gasteiger partial charge on any atom is -0.378 e. The highest BCUT2D eigenvalue weighted by Gasteiger charge is 2.42. The summed E-state index contributed by atoms with van der Waals surface area (Å²) in [4.78, 5) is 15.2. The fourth-order valence-corrected chi connectivity index (χ4v) is 4.67. The van der Waals surface area contributed by atoms with Gasteiger partial charge in [-0.05, 0) is 44.9 Å². The van der Waals surface area contributed by atoms with Crippen LogP contribution in [-0.4, -0.2) is 40.4 Å². The summed E-state index contributed by atoms with van der Waals surface area (Å²) in [7, 11) is 0. The molecule has 3 heterocycles. The van der Waals surface area contributed by atoms with Crippen LogP contribution in [0.5, 0.6) is 0 Å². The first kappa shape index (κ1) is 12.9. The Morgan fingerprint density at radius 3 is 2.56 bits per heavy atom. The van der Waals surface area contributed by atoms with Crippen molar-refractivity contribution in [2.24, 2.45) is 0 Å². The van der Waals surface area contributed by atoms with Gasteiger partial charge in [0.2, 0.25) is 5.91 Å². The highest BCUT2D eigenvalue weighted by atomic mass is 79.9. The summed E-state index contributed by atoms with van der Waals surface area (Å²) >= 11 is 3.72. The Morgan fingerprint density at radius 1 is 1.22 bits per heavy atom. The Labute approximate surface area is 117 Å². The van der Waals surface area contributed by atoms with Gasteiger partial charge in [0.25, 0.3) is 0 Å². The smallest absolute Gasteiger partial charge is 0.223 e. The minimum absolute atomic E-state index is 0.348. The Bertz CT molecular complexity index is 303. The van der Waals surface area contributed by atoms with E-state index in [2.05, 4.69) is 20.8 Å². The molecular formula is C14H22BrNO2. The Morgan fingerprint density at radius 2 is 1.94 bits per heavy atom. The molecule has 18 heavy (non-hydrogen) atoms. The molecule has 4 heteroatoms. The van der Waals surface area contributed by atoms with Gasteiger partial charge in [-0.25, -0.2) is 0 Å². The van der Waals surface area contributed by atoms with E-state index < -0.39 is 0 Å². The average Bonchev–Trinajstić information content (AvgIpc) is 2.94. The zero-order valence-corrected chi connectivity index (χ0v) is 12.4. The molecule has 0 N–H and O–H groups in total. The lowest BCUT2D eigenvalue weighted by atomic mass is 10.0. The lowest BCUT2D eigenvalue weighted by Gasteiger charge is -2.37. The number of fused-ring (bicyclic) bond motifs is 2. The normalized spacial score (nSPS) is 39.3. The molecule has 3 saturated heterocycles. The van der Waals surface area contributed by atoms with Crippen LogP contribution >= 0.6 is 15.9 Å². The van der Waals surface area contributed by atoms with E-state index in [0.29, 0.717) is 35.3 Å². The van der Waals surface area contributed by atoms with Crippen LogP contribution in [0.25, 0.3) is 0 Å². The SMILES string of the molecule is O=C(CCC1CCCO1)N1C2CCC1CC(Br)C2. The number of piperidine rings is 1. The molecular weight excluding hydrogens is 294 g/mol. The zero-order valence-electron chi connectivity index (χ0n) is 10.8. The van der Waals surface area contributed by atoms with Crippen molar-refractivity contribution in [3.05, 3.63) is 0 Å². The van der Waals surface area contributed by atoms with Gasteiger partial charge in [-0.3, -0.25) is 4.79 Å². The van der Waals surface area contributed by atoms with Gasteiger partial charge in [0.15, 0.2) is 0 Å². The molecule has 3 aliphatic heterocycles. The van der Waals surface area contributed by atoms with Crippen LogP contribution in [0.1, 0.15) is 51.4 Å². The minimum atomic E-state index is 0.348. The van der Waals surface area contributed by atoms with Gasteiger partial charge in [0, 0.05) is 29.9 Å². The fourth-order valence-electron chi connectivity index (χ4n) is 3.80. The van der Waals surface area contributed by atoms with E-state index in [1.54, 1.807) is 0 Å². The first-order valence-electron chi connectivity index (χ1n) is 7.31. The second-order valence-electron chi connectivity index (χ2n) is 5.93. The molecule has 102 valence electrons. The lowest BCUT2D eigenvalue weighted by molar-refractivity contribution is -0.136. The second-order valence-corrected chi connectivity index (χ2v) is 7.22. The van der Waals surface area contributed by atoms with E-state index in [1.165, 1.54) is 19.3 Å². The molecule has 0 aromatic carbocycles. The van der Waals surface area contributed by atoms with Crippen molar-refractivity contribution in [3.63, 3.8) is 0 Å². The van der Waals surface area contributed by atoms with Crippen LogP contribution in [-0.2, 0) is 9.53 Å². The van der Waals surface area contributed by atoms with Crippen LogP contribution in [0.2, 0.25) is 0 Å². The molecule has 0 spiro atoms. The molecule has 3 aliphatic rings. The molecule has 3 atom stereocenters. The number of halogens is 1. The maximum absolute atomic E-state index is 12.4. The topological polar surface area (TPSA) is 29.5 Å². The number of nitrogens with zero attached hydrogens (tertiary/aromatic N) is 1. The summed E-state index contributed by atoms with van der Waals surface area (Å²) in [6.07, 6.45) is 8.96. The largest absolute Gasteiger partial charge is 0.378 e. The van der Waals surface area contributed by atoms with Gasteiger partial charge >= 0.3 is 0 Å². The van der Waals surface area contributed by atoms with E-state index in [1.807, 2.05) is 0 Å². The molecule has 0 radical (unpaired) electrons.